The Morgan fingerprint density at radius 3 is 3.00 bits per heavy atom. The number of furan rings is 1. The van der Waals surface area contributed by atoms with Gasteiger partial charge in [-0.3, -0.25) is 0 Å². The molecule has 0 aliphatic carbocycles. The Bertz CT molecular complexity index is 192. The number of rotatable bonds is 1. The number of halogens is 1. The fourth-order valence-electron chi connectivity index (χ4n) is 0.433. The molecule has 0 spiro atoms. The zero-order chi connectivity index (χ0) is 6.69. The number of hydrogen-bond donors (Lipinski definition) is 0. The van der Waals surface area contributed by atoms with Gasteiger partial charge in [-0.2, -0.15) is 0 Å². The number of hydrogen-bond acceptors (Lipinski definition) is 3. The van der Waals surface area contributed by atoms with Crippen molar-refractivity contribution < 1.29 is 12.3 Å². The lowest BCUT2D eigenvalue weighted by Crippen LogP contribution is -1.93. The molecule has 48 valence electrons. The molecule has 0 N–H and O–H groups in total. The molecule has 1 heterocycles. The Morgan fingerprint density at radius 2 is 2.56 bits per heavy atom. The molecule has 0 saturated heterocycles. The van der Waals surface area contributed by atoms with E-state index < -0.39 is 5.97 Å². The smallest absolute Gasteiger partial charge is 0.383 e. The molecule has 0 radical (unpaired) electrons. The predicted octanol–water partition coefficient (Wildman–Crippen LogP) is 1.79. The third-order valence-electron chi connectivity index (χ3n) is 0.792. The molecule has 0 aliphatic rings. The largest absolute Gasteiger partial charge is 0.457 e. The second-order valence-electron chi connectivity index (χ2n) is 1.34. The zero-order valence-electron chi connectivity index (χ0n) is 4.33. The Labute approximate surface area is 65.7 Å². The summed E-state index contributed by atoms with van der Waals surface area (Å²) in [6.45, 7) is 0. The molecule has 4 heteroatoms. The molecule has 0 atom stereocenters. The Hall–Kier alpha value is -0.520. The molecule has 1 aromatic rings. The molecule has 0 saturated carbocycles. The summed E-state index contributed by atoms with van der Waals surface area (Å²) in [6, 6.07) is 3.17. The van der Waals surface area contributed by atoms with Gasteiger partial charge >= 0.3 is 5.97 Å². The third-order valence-corrected chi connectivity index (χ3v) is 1.19. The molecule has 0 unspecified atom stereocenters. The maximum Gasteiger partial charge on any atom is 0.383 e. The SMILES string of the molecule is O=C(OI)c1ccco1. The van der Waals surface area contributed by atoms with Gasteiger partial charge in [0.25, 0.3) is 0 Å². The van der Waals surface area contributed by atoms with Gasteiger partial charge in [0.05, 0.1) is 6.26 Å². The average Bonchev–Trinajstić information content (AvgIpc) is 2.37. The minimum atomic E-state index is -0.458. The number of carbonyl (C=O) groups excluding carboxylic acids is 1. The van der Waals surface area contributed by atoms with Crippen LogP contribution in [0.25, 0.3) is 0 Å². The maximum atomic E-state index is 10.6. The molecular weight excluding hydrogens is 235 g/mol. The quantitative estimate of drug-likeness (QED) is 0.700. The standard InChI is InChI=1S/C5H3IO3/c6-9-5(7)4-2-1-3-8-4/h1-3H. The van der Waals surface area contributed by atoms with Gasteiger partial charge in [-0.25, -0.2) is 4.79 Å². The highest BCUT2D eigenvalue weighted by molar-refractivity contribution is 14.1. The van der Waals surface area contributed by atoms with Crippen molar-refractivity contribution in [2.75, 3.05) is 0 Å². The second kappa shape index (κ2) is 2.86. The summed E-state index contributed by atoms with van der Waals surface area (Å²) in [7, 11) is 0. The Balaban J connectivity index is 2.77. The average molecular weight is 238 g/mol. The van der Waals surface area contributed by atoms with Gasteiger partial charge < -0.3 is 7.48 Å². The van der Waals surface area contributed by atoms with Crippen molar-refractivity contribution in [2.45, 2.75) is 0 Å². The van der Waals surface area contributed by atoms with Crippen LogP contribution >= 0.6 is 23.0 Å². The van der Waals surface area contributed by atoms with E-state index in [2.05, 4.69) is 3.07 Å². The molecule has 0 amide bonds. The normalized spacial score (nSPS) is 9.00. The molecule has 0 fully saturated rings. The summed E-state index contributed by atoms with van der Waals surface area (Å²) < 4.78 is 9.04. The first-order valence-corrected chi connectivity index (χ1v) is 3.09. The zero-order valence-corrected chi connectivity index (χ0v) is 6.49. The van der Waals surface area contributed by atoms with Gasteiger partial charge in [-0.15, -0.1) is 0 Å². The minimum absolute atomic E-state index is 0.226. The second-order valence-corrected chi connectivity index (χ2v) is 1.78. The van der Waals surface area contributed by atoms with E-state index in [1.54, 1.807) is 12.1 Å². The highest BCUT2D eigenvalue weighted by Gasteiger charge is 2.06. The van der Waals surface area contributed by atoms with Crippen LogP contribution in [0.3, 0.4) is 0 Å². The van der Waals surface area contributed by atoms with Crippen LogP contribution in [-0.4, -0.2) is 5.97 Å². The molecule has 1 aromatic heterocycles. The highest BCUT2D eigenvalue weighted by atomic mass is 127. The lowest BCUT2D eigenvalue weighted by atomic mass is 10.5. The lowest BCUT2D eigenvalue weighted by Gasteiger charge is -1.86. The maximum absolute atomic E-state index is 10.6. The topological polar surface area (TPSA) is 39.4 Å². The van der Waals surface area contributed by atoms with E-state index in [1.807, 2.05) is 0 Å². The predicted molar refractivity (Wildman–Crippen MR) is 38.1 cm³/mol. The van der Waals surface area contributed by atoms with E-state index in [0.717, 1.165) is 0 Å². The van der Waals surface area contributed by atoms with Crippen molar-refractivity contribution in [1.82, 2.24) is 0 Å². The van der Waals surface area contributed by atoms with Gasteiger partial charge in [0.1, 0.15) is 0 Å². The van der Waals surface area contributed by atoms with E-state index in [9.17, 15) is 4.79 Å². The lowest BCUT2D eigenvalue weighted by molar-refractivity contribution is 0.0768. The summed E-state index contributed by atoms with van der Waals surface area (Å²) in [5.41, 5.74) is 0. The van der Waals surface area contributed by atoms with E-state index in [-0.39, 0.29) is 5.76 Å². The van der Waals surface area contributed by atoms with Crippen LogP contribution in [0.5, 0.6) is 0 Å². The molecule has 3 nitrogen and oxygen atoms in total. The van der Waals surface area contributed by atoms with Crippen molar-refractivity contribution in [3.63, 3.8) is 0 Å². The van der Waals surface area contributed by atoms with Gasteiger partial charge in [-0.05, 0) is 12.1 Å². The van der Waals surface area contributed by atoms with Crippen LogP contribution in [0.4, 0.5) is 0 Å². The fourth-order valence-corrected chi connectivity index (χ4v) is 0.650. The van der Waals surface area contributed by atoms with E-state index in [1.165, 1.54) is 29.3 Å². The molecule has 1 rings (SSSR count). The Kier molecular flexibility index (Phi) is 2.10. The highest BCUT2D eigenvalue weighted by Crippen LogP contribution is 2.03. The molecule has 0 aliphatic heterocycles. The van der Waals surface area contributed by atoms with E-state index in [0.29, 0.717) is 0 Å². The molecular formula is C5H3IO3. The van der Waals surface area contributed by atoms with Crippen LogP contribution in [0, 0.1) is 0 Å². The van der Waals surface area contributed by atoms with Crippen molar-refractivity contribution in [2.24, 2.45) is 0 Å². The van der Waals surface area contributed by atoms with Gasteiger partial charge in [0.15, 0.2) is 23.0 Å². The first kappa shape index (κ1) is 6.60. The monoisotopic (exact) mass is 238 g/mol. The molecule has 0 aromatic carbocycles. The minimum Gasteiger partial charge on any atom is -0.457 e. The van der Waals surface area contributed by atoms with Crippen molar-refractivity contribution in [3.8, 4) is 0 Å². The first-order valence-electron chi connectivity index (χ1n) is 2.21. The van der Waals surface area contributed by atoms with Crippen molar-refractivity contribution in [3.05, 3.63) is 24.2 Å². The molecule has 0 bridgehead atoms. The van der Waals surface area contributed by atoms with Crippen LogP contribution in [0.15, 0.2) is 22.8 Å². The molecule has 9 heavy (non-hydrogen) atoms. The van der Waals surface area contributed by atoms with Crippen molar-refractivity contribution in [1.29, 1.82) is 0 Å². The summed E-state index contributed by atoms with van der Waals surface area (Å²) in [5.74, 6) is -0.231. The van der Waals surface area contributed by atoms with Gasteiger partial charge in [0, 0.05) is 0 Å². The Morgan fingerprint density at radius 1 is 1.78 bits per heavy atom. The van der Waals surface area contributed by atoms with E-state index >= 15 is 0 Å². The van der Waals surface area contributed by atoms with Gasteiger partial charge in [0.2, 0.25) is 5.76 Å². The fraction of sp³-hybridized carbons (Fsp3) is 0. The summed E-state index contributed by atoms with van der Waals surface area (Å²) in [5, 5.41) is 0. The van der Waals surface area contributed by atoms with Crippen LogP contribution in [0.2, 0.25) is 0 Å². The summed E-state index contributed by atoms with van der Waals surface area (Å²) in [6.07, 6.45) is 1.42. The summed E-state index contributed by atoms with van der Waals surface area (Å²) >= 11 is 1.50. The first-order chi connectivity index (χ1) is 4.34. The van der Waals surface area contributed by atoms with E-state index in [4.69, 9.17) is 4.42 Å². The third kappa shape index (κ3) is 1.44. The van der Waals surface area contributed by atoms with Crippen LogP contribution in [-0.2, 0) is 3.07 Å². The van der Waals surface area contributed by atoms with Crippen LogP contribution < -0.4 is 0 Å². The van der Waals surface area contributed by atoms with Crippen molar-refractivity contribution >= 4 is 29.0 Å². The van der Waals surface area contributed by atoms with Gasteiger partial charge in [-0.1, -0.05) is 0 Å². The van der Waals surface area contributed by atoms with Crippen LogP contribution in [0.1, 0.15) is 10.6 Å². The summed E-state index contributed by atoms with van der Waals surface area (Å²) in [4.78, 5) is 10.6. The number of carbonyl (C=O) groups is 1.